The third-order valence-electron chi connectivity index (χ3n) is 3.87. The van der Waals surface area contributed by atoms with Gasteiger partial charge in [-0.15, -0.1) is 0 Å². The molecule has 5 nitrogen and oxygen atoms in total. The fourth-order valence-electron chi connectivity index (χ4n) is 2.61. The molecule has 0 radical (unpaired) electrons. The predicted octanol–water partition coefficient (Wildman–Crippen LogP) is 3.42. The number of hydrogen-bond donors (Lipinski definition) is 2. The smallest absolute Gasteiger partial charge is 0.292 e. The van der Waals surface area contributed by atoms with Crippen molar-refractivity contribution in [2.45, 2.75) is 12.5 Å². The van der Waals surface area contributed by atoms with Crippen LogP contribution < -0.4 is 10.9 Å². The van der Waals surface area contributed by atoms with Gasteiger partial charge in [-0.2, -0.15) is 9.78 Å². The SMILES string of the molecule is O=c1c(Cl)c(N[C@H](CCO)c2ccccc2)cnn1-c1ccccc1. The summed E-state index contributed by atoms with van der Waals surface area (Å²) in [6.45, 7) is 0.0126. The minimum absolute atomic E-state index is 0.0126. The Labute approximate surface area is 150 Å². The molecule has 0 fully saturated rings. The normalized spacial score (nSPS) is 11.9. The highest BCUT2D eigenvalue weighted by atomic mass is 35.5. The lowest BCUT2D eigenvalue weighted by atomic mass is 10.0. The number of hydrogen-bond acceptors (Lipinski definition) is 4. The monoisotopic (exact) mass is 355 g/mol. The van der Waals surface area contributed by atoms with Gasteiger partial charge in [-0.1, -0.05) is 60.1 Å². The number of aromatic nitrogens is 2. The van der Waals surface area contributed by atoms with Crippen LogP contribution in [0.25, 0.3) is 5.69 Å². The van der Waals surface area contributed by atoms with E-state index in [-0.39, 0.29) is 17.7 Å². The van der Waals surface area contributed by atoms with E-state index in [4.69, 9.17) is 11.6 Å². The van der Waals surface area contributed by atoms with Gasteiger partial charge in [0.2, 0.25) is 0 Å². The largest absolute Gasteiger partial charge is 0.396 e. The van der Waals surface area contributed by atoms with Crippen molar-refractivity contribution in [3.63, 3.8) is 0 Å². The van der Waals surface area contributed by atoms with Gasteiger partial charge in [-0.05, 0) is 24.1 Å². The molecule has 0 spiro atoms. The van der Waals surface area contributed by atoms with E-state index in [0.29, 0.717) is 17.8 Å². The van der Waals surface area contributed by atoms with Gasteiger partial charge in [-0.25, -0.2) is 0 Å². The zero-order valence-electron chi connectivity index (χ0n) is 13.5. The summed E-state index contributed by atoms with van der Waals surface area (Å²) in [6.07, 6.45) is 2.02. The van der Waals surface area contributed by atoms with E-state index in [1.165, 1.54) is 10.9 Å². The first-order valence-corrected chi connectivity index (χ1v) is 8.34. The first-order chi connectivity index (χ1) is 12.2. The third-order valence-corrected chi connectivity index (χ3v) is 4.23. The van der Waals surface area contributed by atoms with Crippen molar-refractivity contribution < 1.29 is 5.11 Å². The van der Waals surface area contributed by atoms with Crippen LogP contribution in [0.3, 0.4) is 0 Å². The molecule has 1 heterocycles. The number of nitrogens with zero attached hydrogens (tertiary/aromatic N) is 2. The van der Waals surface area contributed by atoms with Crippen LogP contribution in [0.2, 0.25) is 5.02 Å². The summed E-state index contributed by atoms with van der Waals surface area (Å²) < 4.78 is 1.26. The van der Waals surface area contributed by atoms with Gasteiger partial charge in [0.05, 0.1) is 23.6 Å². The average molecular weight is 356 g/mol. The lowest BCUT2D eigenvalue weighted by Gasteiger charge is -2.20. The number of nitrogens with one attached hydrogen (secondary N) is 1. The average Bonchev–Trinajstić information content (AvgIpc) is 2.66. The van der Waals surface area contributed by atoms with Crippen molar-refractivity contribution in [3.05, 3.63) is 87.8 Å². The second kappa shape index (κ2) is 7.96. The number of aliphatic hydroxyl groups is 1. The molecule has 1 aromatic heterocycles. The van der Waals surface area contributed by atoms with Gasteiger partial charge in [0, 0.05) is 6.61 Å². The standard InChI is InChI=1S/C19H18ClN3O2/c20-18-17(22-16(11-12-24)14-7-3-1-4-8-14)13-21-23(19(18)25)15-9-5-2-6-10-15/h1-10,13,16,22,24H,11-12H2/t16-/m1/s1. The predicted molar refractivity (Wildman–Crippen MR) is 99.4 cm³/mol. The van der Waals surface area contributed by atoms with Crippen LogP contribution in [0, 0.1) is 0 Å². The van der Waals surface area contributed by atoms with E-state index in [9.17, 15) is 9.90 Å². The summed E-state index contributed by atoms with van der Waals surface area (Å²) in [7, 11) is 0. The minimum Gasteiger partial charge on any atom is -0.396 e. The molecule has 0 unspecified atom stereocenters. The van der Waals surface area contributed by atoms with Crippen LogP contribution in [0.1, 0.15) is 18.0 Å². The lowest BCUT2D eigenvalue weighted by molar-refractivity contribution is 0.280. The molecule has 2 N–H and O–H groups in total. The first kappa shape index (κ1) is 17.2. The Morgan fingerprint density at radius 1 is 1.08 bits per heavy atom. The number of anilines is 1. The molecule has 0 bridgehead atoms. The quantitative estimate of drug-likeness (QED) is 0.711. The molecule has 128 valence electrons. The van der Waals surface area contributed by atoms with E-state index < -0.39 is 5.56 Å². The van der Waals surface area contributed by atoms with E-state index in [2.05, 4.69) is 10.4 Å². The Balaban J connectivity index is 1.92. The van der Waals surface area contributed by atoms with Crippen LogP contribution >= 0.6 is 11.6 Å². The number of aliphatic hydroxyl groups excluding tert-OH is 1. The zero-order valence-corrected chi connectivity index (χ0v) is 14.2. The maximum Gasteiger partial charge on any atom is 0.292 e. The fraction of sp³-hybridized carbons (Fsp3) is 0.158. The number of rotatable bonds is 6. The van der Waals surface area contributed by atoms with Gasteiger partial charge in [0.15, 0.2) is 0 Å². The Kier molecular flexibility index (Phi) is 5.48. The summed E-state index contributed by atoms with van der Waals surface area (Å²) in [5, 5.41) is 16.8. The Morgan fingerprint density at radius 2 is 1.72 bits per heavy atom. The molecule has 6 heteroatoms. The highest BCUT2D eigenvalue weighted by Gasteiger charge is 2.16. The molecule has 0 aliphatic rings. The number of para-hydroxylation sites is 1. The molecule has 3 rings (SSSR count). The summed E-state index contributed by atoms with van der Waals surface area (Å²) >= 11 is 6.28. The maximum atomic E-state index is 12.5. The van der Waals surface area contributed by atoms with E-state index in [1.807, 2.05) is 48.5 Å². The van der Waals surface area contributed by atoms with Crippen LogP contribution in [-0.4, -0.2) is 21.5 Å². The van der Waals surface area contributed by atoms with Gasteiger partial charge in [0.25, 0.3) is 5.56 Å². The number of halogens is 1. The van der Waals surface area contributed by atoms with Crippen LogP contribution in [-0.2, 0) is 0 Å². The van der Waals surface area contributed by atoms with Gasteiger partial charge in [0.1, 0.15) is 5.02 Å². The van der Waals surface area contributed by atoms with E-state index in [0.717, 1.165) is 5.56 Å². The highest BCUT2D eigenvalue weighted by Crippen LogP contribution is 2.25. The van der Waals surface area contributed by atoms with Crippen LogP contribution in [0.15, 0.2) is 71.7 Å². The molecule has 0 amide bonds. The summed E-state index contributed by atoms with van der Waals surface area (Å²) in [4.78, 5) is 12.5. The van der Waals surface area contributed by atoms with Gasteiger partial charge < -0.3 is 10.4 Å². The molecule has 0 saturated heterocycles. The third kappa shape index (κ3) is 3.90. The van der Waals surface area contributed by atoms with Crippen molar-refractivity contribution in [1.29, 1.82) is 0 Å². The maximum absolute atomic E-state index is 12.5. The van der Waals surface area contributed by atoms with Gasteiger partial charge >= 0.3 is 0 Å². The fourth-order valence-corrected chi connectivity index (χ4v) is 2.79. The van der Waals surface area contributed by atoms with Crippen molar-refractivity contribution in [1.82, 2.24) is 9.78 Å². The molecule has 0 saturated carbocycles. The first-order valence-electron chi connectivity index (χ1n) is 7.96. The summed E-state index contributed by atoms with van der Waals surface area (Å²) in [6, 6.07) is 18.6. The molecular formula is C19H18ClN3O2. The zero-order chi connectivity index (χ0) is 17.6. The van der Waals surface area contributed by atoms with Crippen LogP contribution in [0.5, 0.6) is 0 Å². The lowest BCUT2D eigenvalue weighted by Crippen LogP contribution is -2.23. The van der Waals surface area contributed by atoms with Gasteiger partial charge in [-0.3, -0.25) is 4.79 Å². The molecule has 3 aromatic rings. The van der Waals surface area contributed by atoms with Crippen molar-refractivity contribution in [2.24, 2.45) is 0 Å². The van der Waals surface area contributed by atoms with Crippen molar-refractivity contribution >= 4 is 17.3 Å². The second-order valence-electron chi connectivity index (χ2n) is 5.54. The molecule has 1 atom stereocenters. The molecule has 0 aliphatic carbocycles. The highest BCUT2D eigenvalue weighted by molar-refractivity contribution is 6.33. The van der Waals surface area contributed by atoms with Crippen LogP contribution in [0.4, 0.5) is 5.69 Å². The Hall–Kier alpha value is -2.63. The van der Waals surface area contributed by atoms with E-state index in [1.54, 1.807) is 12.1 Å². The Morgan fingerprint density at radius 3 is 2.36 bits per heavy atom. The van der Waals surface area contributed by atoms with Crippen molar-refractivity contribution in [3.8, 4) is 5.69 Å². The van der Waals surface area contributed by atoms with Crippen molar-refractivity contribution in [2.75, 3.05) is 11.9 Å². The number of benzene rings is 2. The molecule has 0 aliphatic heterocycles. The van der Waals surface area contributed by atoms with E-state index >= 15 is 0 Å². The Bertz CT molecular complexity index is 882. The summed E-state index contributed by atoms with van der Waals surface area (Å²) in [5.41, 5.74) is 1.70. The summed E-state index contributed by atoms with van der Waals surface area (Å²) in [5.74, 6) is 0. The topological polar surface area (TPSA) is 67.2 Å². The second-order valence-corrected chi connectivity index (χ2v) is 5.92. The minimum atomic E-state index is -0.395. The molecular weight excluding hydrogens is 338 g/mol. The molecule has 2 aromatic carbocycles. The molecule has 25 heavy (non-hydrogen) atoms.